The summed E-state index contributed by atoms with van der Waals surface area (Å²) in [5.41, 5.74) is 5.11. The number of nitrogens with two attached hydrogens (primary N) is 1. The normalized spacial score (nSPS) is 23.3. The zero-order valence-corrected chi connectivity index (χ0v) is 13.4. The van der Waals surface area contributed by atoms with Gasteiger partial charge in [-0.3, -0.25) is 0 Å². The van der Waals surface area contributed by atoms with Crippen molar-refractivity contribution in [1.82, 2.24) is 4.90 Å². The predicted octanol–water partition coefficient (Wildman–Crippen LogP) is 1.73. The van der Waals surface area contributed by atoms with Gasteiger partial charge in [0.2, 0.25) is 0 Å². The van der Waals surface area contributed by atoms with Gasteiger partial charge in [0.15, 0.2) is 6.29 Å². The Labute approximate surface area is 126 Å². The van der Waals surface area contributed by atoms with E-state index in [1.54, 1.807) is 4.90 Å². The van der Waals surface area contributed by atoms with Crippen LogP contribution in [0, 0.1) is 5.41 Å². The molecule has 0 saturated carbocycles. The van der Waals surface area contributed by atoms with E-state index < -0.39 is 5.60 Å². The number of hydrogen-bond donors (Lipinski definition) is 1. The molecule has 0 atom stereocenters. The van der Waals surface area contributed by atoms with Crippen molar-refractivity contribution in [3.8, 4) is 0 Å². The van der Waals surface area contributed by atoms with Crippen LogP contribution in [0.2, 0.25) is 0 Å². The number of carbonyl (C=O) groups is 1. The molecule has 2 fully saturated rings. The van der Waals surface area contributed by atoms with E-state index in [4.69, 9.17) is 19.9 Å². The fourth-order valence-corrected chi connectivity index (χ4v) is 2.71. The van der Waals surface area contributed by atoms with Crippen molar-refractivity contribution in [3.63, 3.8) is 0 Å². The molecule has 0 aromatic carbocycles. The molecule has 2 aliphatic rings. The number of rotatable bonds is 2. The average Bonchev–Trinajstić information content (AvgIpc) is 2.41. The maximum absolute atomic E-state index is 12.0. The first-order valence-corrected chi connectivity index (χ1v) is 7.75. The van der Waals surface area contributed by atoms with Gasteiger partial charge >= 0.3 is 6.09 Å². The van der Waals surface area contributed by atoms with E-state index in [-0.39, 0.29) is 17.8 Å². The third-order valence-electron chi connectivity index (χ3n) is 4.03. The van der Waals surface area contributed by atoms with E-state index >= 15 is 0 Å². The largest absolute Gasteiger partial charge is 0.444 e. The minimum Gasteiger partial charge on any atom is -0.444 e. The van der Waals surface area contributed by atoms with E-state index in [0.717, 1.165) is 19.3 Å². The van der Waals surface area contributed by atoms with Crippen LogP contribution in [0.15, 0.2) is 0 Å². The van der Waals surface area contributed by atoms with Crippen molar-refractivity contribution in [2.75, 3.05) is 32.8 Å². The molecule has 0 aliphatic carbocycles. The maximum Gasteiger partial charge on any atom is 0.410 e. The summed E-state index contributed by atoms with van der Waals surface area (Å²) < 4.78 is 16.9. The van der Waals surface area contributed by atoms with Gasteiger partial charge in [-0.15, -0.1) is 0 Å². The average molecular weight is 300 g/mol. The number of ether oxygens (including phenoxy) is 3. The van der Waals surface area contributed by atoms with Crippen LogP contribution >= 0.6 is 0 Å². The van der Waals surface area contributed by atoms with E-state index in [9.17, 15) is 4.79 Å². The van der Waals surface area contributed by atoms with Gasteiger partial charge in [0.05, 0.1) is 13.2 Å². The summed E-state index contributed by atoms with van der Waals surface area (Å²) in [4.78, 5) is 13.8. The van der Waals surface area contributed by atoms with Crippen LogP contribution in [0.1, 0.15) is 40.0 Å². The second kappa shape index (κ2) is 6.50. The molecule has 122 valence electrons. The Hall–Kier alpha value is -0.850. The Balaban J connectivity index is 1.79. The molecule has 0 unspecified atom stereocenters. The van der Waals surface area contributed by atoms with Gasteiger partial charge in [0, 0.05) is 24.9 Å². The van der Waals surface area contributed by atoms with Crippen molar-refractivity contribution >= 4 is 6.09 Å². The third-order valence-corrected chi connectivity index (χ3v) is 4.03. The first-order chi connectivity index (χ1) is 9.84. The van der Waals surface area contributed by atoms with Crippen LogP contribution in [-0.2, 0) is 14.2 Å². The second-order valence-electron chi connectivity index (χ2n) is 7.10. The van der Waals surface area contributed by atoms with Crippen LogP contribution in [0.4, 0.5) is 4.79 Å². The number of hydrogen-bond acceptors (Lipinski definition) is 5. The monoisotopic (exact) mass is 300 g/mol. The molecule has 2 heterocycles. The van der Waals surface area contributed by atoms with Crippen molar-refractivity contribution in [3.05, 3.63) is 0 Å². The molecule has 1 amide bonds. The van der Waals surface area contributed by atoms with Gasteiger partial charge in [-0.05, 0) is 40.2 Å². The fraction of sp³-hybridized carbons (Fsp3) is 0.933. The molecule has 0 radical (unpaired) electrons. The van der Waals surface area contributed by atoms with Gasteiger partial charge in [-0.2, -0.15) is 0 Å². The quantitative estimate of drug-likeness (QED) is 0.840. The van der Waals surface area contributed by atoms with Crippen LogP contribution in [0.25, 0.3) is 0 Å². The van der Waals surface area contributed by atoms with E-state index in [1.807, 2.05) is 20.8 Å². The molecule has 0 bridgehead atoms. The summed E-state index contributed by atoms with van der Waals surface area (Å²) in [5, 5.41) is 0. The molecule has 2 rings (SSSR count). The first kappa shape index (κ1) is 16.5. The molecule has 21 heavy (non-hydrogen) atoms. The lowest BCUT2D eigenvalue weighted by Gasteiger charge is -2.45. The summed E-state index contributed by atoms with van der Waals surface area (Å²) in [6.07, 6.45) is 2.13. The van der Waals surface area contributed by atoms with Crippen LogP contribution in [0.5, 0.6) is 0 Å². The van der Waals surface area contributed by atoms with Gasteiger partial charge in [0.1, 0.15) is 5.60 Å². The number of likely N-dealkylation sites (tertiary alicyclic amines) is 1. The highest BCUT2D eigenvalue weighted by Crippen LogP contribution is 2.36. The molecule has 6 heteroatoms. The van der Waals surface area contributed by atoms with E-state index in [1.165, 1.54) is 0 Å². The Bertz CT molecular complexity index is 349. The molecule has 6 nitrogen and oxygen atoms in total. The molecule has 1 spiro atoms. The molecule has 2 N–H and O–H groups in total. The summed E-state index contributed by atoms with van der Waals surface area (Å²) in [6, 6.07) is 0. The van der Waals surface area contributed by atoms with Crippen molar-refractivity contribution in [1.29, 1.82) is 0 Å². The van der Waals surface area contributed by atoms with E-state index in [0.29, 0.717) is 32.8 Å². The van der Waals surface area contributed by atoms with Crippen molar-refractivity contribution in [2.24, 2.45) is 11.1 Å². The lowest BCUT2D eigenvalue weighted by molar-refractivity contribution is -0.238. The molecular weight excluding hydrogens is 272 g/mol. The van der Waals surface area contributed by atoms with E-state index in [2.05, 4.69) is 0 Å². The third kappa shape index (κ3) is 4.56. The first-order valence-electron chi connectivity index (χ1n) is 7.75. The highest BCUT2D eigenvalue weighted by Gasteiger charge is 2.41. The summed E-state index contributed by atoms with van der Waals surface area (Å²) in [5.74, 6) is 0. The standard InChI is InChI=1S/C15H28N2O4/c1-14(2,3)21-13(18)17-8-5-15(6-9-17)10-19-12(4-7-16)20-11-15/h12H,4-11,16H2,1-3H3. The zero-order valence-electron chi connectivity index (χ0n) is 13.4. The molecule has 2 saturated heterocycles. The molecule has 2 aliphatic heterocycles. The highest BCUT2D eigenvalue weighted by atomic mass is 16.7. The lowest BCUT2D eigenvalue weighted by atomic mass is 9.79. The zero-order chi connectivity index (χ0) is 15.5. The Kier molecular flexibility index (Phi) is 5.11. The SMILES string of the molecule is CC(C)(C)OC(=O)N1CCC2(CC1)COC(CCN)OC2. The van der Waals surface area contributed by atoms with Crippen molar-refractivity contribution in [2.45, 2.75) is 51.9 Å². The Morgan fingerprint density at radius 2 is 1.86 bits per heavy atom. The van der Waals surface area contributed by atoms with Crippen molar-refractivity contribution < 1.29 is 19.0 Å². The summed E-state index contributed by atoms with van der Waals surface area (Å²) >= 11 is 0. The van der Waals surface area contributed by atoms with Gasteiger partial charge in [0.25, 0.3) is 0 Å². The summed E-state index contributed by atoms with van der Waals surface area (Å²) in [7, 11) is 0. The van der Waals surface area contributed by atoms with Gasteiger partial charge < -0.3 is 24.8 Å². The minimum absolute atomic E-state index is 0.0452. The van der Waals surface area contributed by atoms with Crippen LogP contribution in [0.3, 0.4) is 0 Å². The number of piperidine rings is 1. The Morgan fingerprint density at radius 1 is 1.29 bits per heavy atom. The topological polar surface area (TPSA) is 74.0 Å². The van der Waals surface area contributed by atoms with Gasteiger partial charge in [-0.1, -0.05) is 0 Å². The second-order valence-corrected chi connectivity index (χ2v) is 7.10. The highest BCUT2D eigenvalue weighted by molar-refractivity contribution is 5.68. The maximum atomic E-state index is 12.0. The summed E-state index contributed by atoms with van der Waals surface area (Å²) in [6.45, 7) is 9.01. The number of carbonyl (C=O) groups excluding carboxylic acids is 1. The molecule has 0 aromatic rings. The van der Waals surface area contributed by atoms with Gasteiger partial charge in [-0.25, -0.2) is 4.79 Å². The Morgan fingerprint density at radius 3 is 2.33 bits per heavy atom. The number of amides is 1. The van der Waals surface area contributed by atoms with Crippen LogP contribution < -0.4 is 5.73 Å². The molecular formula is C15H28N2O4. The predicted molar refractivity (Wildman–Crippen MR) is 78.8 cm³/mol. The minimum atomic E-state index is -0.446. The fourth-order valence-electron chi connectivity index (χ4n) is 2.71. The number of nitrogens with zero attached hydrogens (tertiary/aromatic N) is 1. The molecule has 0 aromatic heterocycles. The smallest absolute Gasteiger partial charge is 0.410 e. The lowest BCUT2D eigenvalue weighted by Crippen LogP contribution is -2.51. The van der Waals surface area contributed by atoms with Crippen LogP contribution in [-0.4, -0.2) is 55.7 Å².